The van der Waals surface area contributed by atoms with Gasteiger partial charge in [-0.1, -0.05) is 261 Å². The molecule has 98 heavy (non-hydrogen) atoms. The maximum atomic E-state index is 13.1. The first-order chi connectivity index (χ1) is 47.7. The Balaban J connectivity index is 5.36. The monoisotopic (exact) mass is 1420 g/mol. The van der Waals surface area contributed by atoms with Crippen LogP contribution in [0.1, 0.15) is 349 Å². The topological polar surface area (TPSA) is 237 Å². The summed E-state index contributed by atoms with van der Waals surface area (Å²) >= 11 is 0. The van der Waals surface area contributed by atoms with E-state index in [1.165, 1.54) is 109 Å². The van der Waals surface area contributed by atoms with Crippen molar-refractivity contribution in [3.05, 3.63) is 72.9 Å². The van der Waals surface area contributed by atoms with E-state index in [4.69, 9.17) is 37.0 Å². The number of aliphatic hydroxyl groups is 1. The lowest BCUT2D eigenvalue weighted by atomic mass is 10.1. The average molecular weight is 1430 g/mol. The summed E-state index contributed by atoms with van der Waals surface area (Å²) in [6.07, 6.45) is 71.6. The standard InChI is InChI=1S/C79H142O17P2/c1-5-9-13-17-21-25-29-33-36-40-43-47-51-55-59-63-76(81)89-69-74(95-78(83)65-61-57-53-49-45-39-32-28-24-20-16-12-8-4)71-93-97(85,86)91-67-73(80)68-92-98(87,88)94-72-75(96-79(84)66-62-58-54-50-46-42-38-35-31-27-23-19-15-11-7-3)70-90-77(82)64-60-56-52-48-44-41-37-34-30-26-22-18-14-10-6-2/h22,25-26,28-29,32-38,73-75,80H,5-21,23-24,27,30-31,39-72H2,1-4H3,(H,85,86)(H,87,88)/b26-22-,29-25-,32-28-,36-33-,37-34-,38-35-/t73-,74-,75-/m1/s1. The molecule has 570 valence electrons. The van der Waals surface area contributed by atoms with Gasteiger partial charge in [-0.2, -0.15) is 0 Å². The highest BCUT2D eigenvalue weighted by atomic mass is 31.2. The minimum Gasteiger partial charge on any atom is -0.462 e. The average Bonchev–Trinajstić information content (AvgIpc) is 1.04. The zero-order chi connectivity index (χ0) is 71.8. The Labute approximate surface area is 596 Å². The molecule has 19 heteroatoms. The molecule has 0 heterocycles. The van der Waals surface area contributed by atoms with Crippen molar-refractivity contribution in [1.82, 2.24) is 0 Å². The second-order valence-electron chi connectivity index (χ2n) is 26.3. The van der Waals surface area contributed by atoms with Crippen molar-refractivity contribution in [2.75, 3.05) is 39.6 Å². The zero-order valence-corrected chi connectivity index (χ0v) is 64.0. The molecule has 0 saturated heterocycles. The summed E-state index contributed by atoms with van der Waals surface area (Å²) in [4.78, 5) is 72.9. The number of unbranched alkanes of at least 4 members (excludes halogenated alkanes) is 37. The second kappa shape index (κ2) is 71.9. The molecule has 0 aromatic rings. The molecule has 2 unspecified atom stereocenters. The van der Waals surface area contributed by atoms with Crippen molar-refractivity contribution in [1.29, 1.82) is 0 Å². The van der Waals surface area contributed by atoms with E-state index < -0.39 is 97.5 Å². The van der Waals surface area contributed by atoms with Crippen molar-refractivity contribution >= 4 is 39.5 Å². The normalized spacial score (nSPS) is 14.3. The number of hydrogen-bond donors (Lipinski definition) is 3. The van der Waals surface area contributed by atoms with Crippen LogP contribution >= 0.6 is 15.6 Å². The maximum absolute atomic E-state index is 13.1. The third-order valence-corrected chi connectivity index (χ3v) is 18.5. The van der Waals surface area contributed by atoms with Crippen molar-refractivity contribution in [3.63, 3.8) is 0 Å². The van der Waals surface area contributed by atoms with Crippen LogP contribution in [-0.2, 0) is 65.4 Å². The third-order valence-electron chi connectivity index (χ3n) is 16.6. The second-order valence-corrected chi connectivity index (χ2v) is 29.2. The molecule has 0 aromatic heterocycles. The van der Waals surface area contributed by atoms with Crippen LogP contribution in [0.4, 0.5) is 0 Å². The predicted molar refractivity (Wildman–Crippen MR) is 400 cm³/mol. The summed E-state index contributed by atoms with van der Waals surface area (Å²) in [6.45, 7) is 4.80. The van der Waals surface area contributed by atoms with Crippen molar-refractivity contribution in [2.45, 2.75) is 367 Å². The van der Waals surface area contributed by atoms with E-state index in [0.29, 0.717) is 25.7 Å². The van der Waals surface area contributed by atoms with Gasteiger partial charge in [0, 0.05) is 25.7 Å². The highest BCUT2D eigenvalue weighted by Gasteiger charge is 2.30. The number of ether oxygens (including phenoxy) is 4. The maximum Gasteiger partial charge on any atom is 0.472 e. The summed E-state index contributed by atoms with van der Waals surface area (Å²) < 4.78 is 68.5. The van der Waals surface area contributed by atoms with Crippen LogP contribution in [0.3, 0.4) is 0 Å². The number of carbonyl (C=O) groups is 4. The van der Waals surface area contributed by atoms with Crippen LogP contribution in [-0.4, -0.2) is 96.7 Å². The van der Waals surface area contributed by atoms with E-state index in [2.05, 4.69) is 101 Å². The van der Waals surface area contributed by atoms with E-state index in [1.807, 2.05) is 0 Å². The Morgan fingerprint density at radius 2 is 0.531 bits per heavy atom. The molecular formula is C79H142O17P2. The fourth-order valence-corrected chi connectivity index (χ4v) is 12.2. The van der Waals surface area contributed by atoms with Gasteiger partial charge in [0.05, 0.1) is 26.4 Å². The minimum atomic E-state index is -4.98. The van der Waals surface area contributed by atoms with Crippen LogP contribution in [0.5, 0.6) is 0 Å². The Kier molecular flexibility index (Phi) is 69.3. The first kappa shape index (κ1) is 94.5. The smallest absolute Gasteiger partial charge is 0.462 e. The molecular weight excluding hydrogens is 1280 g/mol. The summed E-state index contributed by atoms with van der Waals surface area (Å²) in [5, 5.41) is 10.6. The molecule has 0 aliphatic heterocycles. The molecule has 0 spiro atoms. The quantitative estimate of drug-likeness (QED) is 0.0128. The molecule has 0 aromatic carbocycles. The lowest BCUT2D eigenvalue weighted by Crippen LogP contribution is -2.30. The summed E-state index contributed by atoms with van der Waals surface area (Å²) in [5.74, 6) is -2.20. The predicted octanol–water partition coefficient (Wildman–Crippen LogP) is 22.4. The fourth-order valence-electron chi connectivity index (χ4n) is 10.6. The van der Waals surface area contributed by atoms with Gasteiger partial charge in [0.1, 0.15) is 19.3 Å². The van der Waals surface area contributed by atoms with E-state index in [9.17, 15) is 43.2 Å². The Morgan fingerprint density at radius 1 is 0.296 bits per heavy atom. The van der Waals surface area contributed by atoms with Gasteiger partial charge in [0.15, 0.2) is 12.2 Å². The van der Waals surface area contributed by atoms with Crippen LogP contribution in [0.25, 0.3) is 0 Å². The summed E-state index contributed by atoms with van der Waals surface area (Å²) in [6, 6.07) is 0. The number of phosphoric acid groups is 2. The van der Waals surface area contributed by atoms with Gasteiger partial charge in [-0.15, -0.1) is 0 Å². The largest absolute Gasteiger partial charge is 0.472 e. The molecule has 0 fully saturated rings. The van der Waals surface area contributed by atoms with Gasteiger partial charge in [-0.3, -0.25) is 37.3 Å². The van der Waals surface area contributed by atoms with Crippen molar-refractivity contribution in [2.24, 2.45) is 0 Å². The van der Waals surface area contributed by atoms with Gasteiger partial charge in [-0.25, -0.2) is 9.13 Å². The van der Waals surface area contributed by atoms with Crippen LogP contribution in [0.2, 0.25) is 0 Å². The van der Waals surface area contributed by atoms with Crippen LogP contribution in [0.15, 0.2) is 72.9 Å². The van der Waals surface area contributed by atoms with E-state index in [1.54, 1.807) is 0 Å². The van der Waals surface area contributed by atoms with Crippen LogP contribution < -0.4 is 0 Å². The lowest BCUT2D eigenvalue weighted by Gasteiger charge is -2.21. The number of aliphatic hydroxyl groups excluding tert-OH is 1. The van der Waals surface area contributed by atoms with Gasteiger partial charge in [0.2, 0.25) is 0 Å². The Hall–Kier alpha value is -3.50. The number of carbonyl (C=O) groups excluding carboxylic acids is 4. The molecule has 0 rings (SSSR count). The van der Waals surface area contributed by atoms with Crippen molar-refractivity contribution < 1.29 is 80.2 Å². The first-order valence-electron chi connectivity index (χ1n) is 39.2. The molecule has 0 saturated carbocycles. The third kappa shape index (κ3) is 70.9. The highest BCUT2D eigenvalue weighted by molar-refractivity contribution is 7.47. The molecule has 0 amide bonds. The number of rotatable bonds is 74. The number of allylic oxidation sites excluding steroid dienone is 12. The fraction of sp³-hybridized carbons (Fsp3) is 0.797. The van der Waals surface area contributed by atoms with Gasteiger partial charge in [0.25, 0.3) is 0 Å². The Morgan fingerprint density at radius 3 is 0.857 bits per heavy atom. The van der Waals surface area contributed by atoms with Crippen molar-refractivity contribution in [3.8, 4) is 0 Å². The first-order valence-corrected chi connectivity index (χ1v) is 42.2. The molecule has 0 aliphatic rings. The van der Waals surface area contributed by atoms with Gasteiger partial charge >= 0.3 is 39.5 Å². The van der Waals surface area contributed by atoms with Gasteiger partial charge < -0.3 is 33.8 Å². The number of hydrogen-bond acceptors (Lipinski definition) is 15. The summed E-state index contributed by atoms with van der Waals surface area (Å²) in [7, 11) is -9.95. The van der Waals surface area contributed by atoms with E-state index in [0.717, 1.165) is 161 Å². The highest BCUT2D eigenvalue weighted by Crippen LogP contribution is 2.45. The molecule has 3 N–H and O–H groups in total. The number of phosphoric ester groups is 2. The zero-order valence-electron chi connectivity index (χ0n) is 62.2. The molecule has 17 nitrogen and oxygen atoms in total. The van der Waals surface area contributed by atoms with Gasteiger partial charge in [-0.05, 0) is 135 Å². The SMILES string of the molecule is CCCCC/C=C\C/C=C\CCCCCCCC(=O)OC[C@H](COP(=O)(O)OC[C@H](O)COP(=O)(O)OC[C@@H](COC(=O)CCCCCCC/C=C\C=C/CCCCCC)OC(=O)CCCCCCC/C=C\CCCCCC)OC(=O)CCCCCCC/C=C\CCCCCCCC. The van der Waals surface area contributed by atoms with Crippen LogP contribution in [0, 0.1) is 0 Å². The summed E-state index contributed by atoms with van der Waals surface area (Å²) in [5.41, 5.74) is 0. The lowest BCUT2D eigenvalue weighted by molar-refractivity contribution is -0.161. The molecule has 0 aliphatic carbocycles. The minimum absolute atomic E-state index is 0.0836. The molecule has 5 atom stereocenters. The Bertz CT molecular complexity index is 2140. The number of esters is 4. The molecule has 0 bridgehead atoms. The van der Waals surface area contributed by atoms with E-state index >= 15 is 0 Å². The molecule has 0 radical (unpaired) electrons. The van der Waals surface area contributed by atoms with E-state index in [-0.39, 0.29) is 25.7 Å².